The minimum atomic E-state index is -0.0564. The molecule has 1 aromatic rings. The Balaban J connectivity index is 0.00000220. The van der Waals surface area contributed by atoms with E-state index in [4.69, 9.17) is 5.73 Å². The van der Waals surface area contributed by atoms with Crippen LogP contribution in [0.5, 0.6) is 0 Å². The summed E-state index contributed by atoms with van der Waals surface area (Å²) in [5.41, 5.74) is 7.50. The van der Waals surface area contributed by atoms with Crippen molar-refractivity contribution in [2.45, 2.75) is 31.7 Å². The lowest BCUT2D eigenvalue weighted by molar-refractivity contribution is -0.121. The van der Waals surface area contributed by atoms with Crippen molar-refractivity contribution in [3.05, 3.63) is 16.6 Å². The van der Waals surface area contributed by atoms with Gasteiger partial charge in [-0.05, 0) is 19.3 Å². The van der Waals surface area contributed by atoms with Gasteiger partial charge in [-0.1, -0.05) is 0 Å². The average Bonchev–Trinajstić information content (AvgIpc) is 2.99. The minimum absolute atomic E-state index is 0. The Bertz CT molecular complexity index is 459. The molecule has 0 spiro atoms. The molecule has 2 heterocycles. The summed E-state index contributed by atoms with van der Waals surface area (Å²) in [4.78, 5) is 29.8. The van der Waals surface area contributed by atoms with Crippen LogP contribution >= 0.6 is 36.2 Å². The molecule has 22 heavy (non-hydrogen) atoms. The Kier molecular flexibility index (Phi) is 10.3. The molecule has 0 radical (unpaired) electrons. The lowest BCUT2D eigenvalue weighted by Gasteiger charge is -2.35. The standard InChI is InChI=1S/C13H20N4O2S.2ClH/c14-5-4-12(18)15-7-10-3-1-2-6-17(10)13(19)11-8-20-9-16-11;;/h8-10H,1-7,14H2,(H,15,18);2*1H. The number of amides is 2. The van der Waals surface area contributed by atoms with Crippen molar-refractivity contribution in [2.24, 2.45) is 5.73 Å². The van der Waals surface area contributed by atoms with Crippen molar-refractivity contribution in [3.8, 4) is 0 Å². The van der Waals surface area contributed by atoms with Gasteiger partial charge in [0.25, 0.3) is 5.91 Å². The molecule has 0 bridgehead atoms. The van der Waals surface area contributed by atoms with Gasteiger partial charge in [0.15, 0.2) is 0 Å². The highest BCUT2D eigenvalue weighted by molar-refractivity contribution is 7.07. The van der Waals surface area contributed by atoms with E-state index in [9.17, 15) is 9.59 Å². The molecule has 2 amide bonds. The van der Waals surface area contributed by atoms with E-state index in [-0.39, 0.29) is 42.7 Å². The van der Waals surface area contributed by atoms with Gasteiger partial charge >= 0.3 is 0 Å². The van der Waals surface area contributed by atoms with E-state index >= 15 is 0 Å². The summed E-state index contributed by atoms with van der Waals surface area (Å²) >= 11 is 1.42. The first-order chi connectivity index (χ1) is 9.72. The molecule has 0 aliphatic carbocycles. The van der Waals surface area contributed by atoms with E-state index in [0.29, 0.717) is 25.2 Å². The van der Waals surface area contributed by atoms with E-state index in [2.05, 4.69) is 10.3 Å². The summed E-state index contributed by atoms with van der Waals surface area (Å²) in [5.74, 6) is -0.0943. The molecule has 1 aliphatic heterocycles. The highest BCUT2D eigenvalue weighted by Crippen LogP contribution is 2.19. The first-order valence-corrected chi connectivity index (χ1v) is 7.82. The van der Waals surface area contributed by atoms with Crippen molar-refractivity contribution in [3.63, 3.8) is 0 Å². The van der Waals surface area contributed by atoms with Crippen molar-refractivity contribution in [1.29, 1.82) is 0 Å². The first kappa shape index (κ1) is 21.1. The van der Waals surface area contributed by atoms with E-state index in [1.54, 1.807) is 10.9 Å². The molecule has 1 fully saturated rings. The van der Waals surface area contributed by atoms with Crippen LogP contribution < -0.4 is 11.1 Å². The molecule has 0 aromatic carbocycles. The Labute approximate surface area is 146 Å². The maximum absolute atomic E-state index is 12.4. The number of likely N-dealkylation sites (tertiary alicyclic amines) is 1. The fourth-order valence-electron chi connectivity index (χ4n) is 2.40. The Morgan fingerprint density at radius 2 is 2.18 bits per heavy atom. The number of aromatic nitrogens is 1. The van der Waals surface area contributed by atoms with Crippen molar-refractivity contribution in [2.75, 3.05) is 19.6 Å². The predicted molar refractivity (Wildman–Crippen MR) is 92.0 cm³/mol. The molecule has 9 heteroatoms. The molecule has 1 saturated heterocycles. The number of hydrogen-bond acceptors (Lipinski definition) is 5. The van der Waals surface area contributed by atoms with Gasteiger partial charge in [-0.15, -0.1) is 36.2 Å². The zero-order valence-electron chi connectivity index (χ0n) is 12.2. The number of piperidine rings is 1. The summed E-state index contributed by atoms with van der Waals surface area (Å²) in [6, 6.07) is 0.0553. The normalized spacial score (nSPS) is 17.1. The van der Waals surface area contributed by atoms with Crippen LogP contribution in [0.15, 0.2) is 10.9 Å². The quantitative estimate of drug-likeness (QED) is 0.822. The lowest BCUT2D eigenvalue weighted by atomic mass is 10.0. The SMILES string of the molecule is Cl.Cl.NCCC(=O)NCC1CCCCN1C(=O)c1cscn1. The molecule has 126 valence electrons. The summed E-state index contributed by atoms with van der Waals surface area (Å²) < 4.78 is 0. The smallest absolute Gasteiger partial charge is 0.273 e. The van der Waals surface area contributed by atoms with Crippen LogP contribution in [0.2, 0.25) is 0 Å². The van der Waals surface area contributed by atoms with Gasteiger partial charge in [-0.25, -0.2) is 4.98 Å². The van der Waals surface area contributed by atoms with E-state index in [1.165, 1.54) is 11.3 Å². The number of rotatable bonds is 5. The summed E-state index contributed by atoms with van der Waals surface area (Å²) in [7, 11) is 0. The van der Waals surface area contributed by atoms with Gasteiger partial charge in [0, 0.05) is 37.5 Å². The average molecular weight is 369 g/mol. The van der Waals surface area contributed by atoms with Crippen molar-refractivity contribution in [1.82, 2.24) is 15.2 Å². The van der Waals surface area contributed by atoms with Crippen LogP contribution in [-0.2, 0) is 4.79 Å². The Morgan fingerprint density at radius 1 is 1.41 bits per heavy atom. The molecular formula is C13H22Cl2N4O2S. The van der Waals surface area contributed by atoms with Gasteiger partial charge in [0.1, 0.15) is 5.69 Å². The molecule has 2 rings (SSSR count). The van der Waals surface area contributed by atoms with Crippen LogP contribution in [0, 0.1) is 0 Å². The number of nitrogens with zero attached hydrogens (tertiary/aromatic N) is 2. The number of thiazole rings is 1. The number of halogens is 2. The molecule has 1 aliphatic rings. The zero-order valence-corrected chi connectivity index (χ0v) is 14.6. The summed E-state index contributed by atoms with van der Waals surface area (Å²) in [5, 5.41) is 4.62. The molecule has 1 aromatic heterocycles. The fourth-order valence-corrected chi connectivity index (χ4v) is 2.92. The molecule has 0 saturated carbocycles. The van der Waals surface area contributed by atoms with Crippen molar-refractivity contribution < 1.29 is 9.59 Å². The maximum Gasteiger partial charge on any atom is 0.273 e. The number of carbonyl (C=O) groups excluding carboxylic acids is 2. The van der Waals surface area contributed by atoms with Crippen molar-refractivity contribution >= 4 is 48.0 Å². The van der Waals surface area contributed by atoms with Crippen LogP contribution in [0.1, 0.15) is 36.2 Å². The maximum atomic E-state index is 12.4. The van der Waals surface area contributed by atoms with Crippen LogP contribution in [0.4, 0.5) is 0 Å². The third-order valence-electron chi connectivity index (χ3n) is 3.45. The second-order valence-corrected chi connectivity index (χ2v) is 5.58. The number of hydrogen-bond donors (Lipinski definition) is 2. The van der Waals surface area contributed by atoms with Gasteiger partial charge < -0.3 is 16.0 Å². The van der Waals surface area contributed by atoms with E-state index < -0.39 is 0 Å². The van der Waals surface area contributed by atoms with Gasteiger partial charge in [0.2, 0.25) is 5.91 Å². The Hall–Kier alpha value is -0.890. The second kappa shape index (κ2) is 10.8. The molecule has 1 unspecified atom stereocenters. The predicted octanol–water partition coefficient (Wildman–Crippen LogP) is 1.45. The Morgan fingerprint density at radius 3 is 2.82 bits per heavy atom. The van der Waals surface area contributed by atoms with Gasteiger partial charge in [-0.3, -0.25) is 9.59 Å². The molecular weight excluding hydrogens is 347 g/mol. The number of nitrogens with two attached hydrogens (primary N) is 1. The zero-order chi connectivity index (χ0) is 14.4. The topological polar surface area (TPSA) is 88.3 Å². The monoisotopic (exact) mass is 368 g/mol. The third-order valence-corrected chi connectivity index (χ3v) is 4.03. The number of nitrogens with one attached hydrogen (secondary N) is 1. The minimum Gasteiger partial charge on any atom is -0.354 e. The van der Waals surface area contributed by atoms with E-state index in [1.807, 2.05) is 4.90 Å². The van der Waals surface area contributed by atoms with Crippen LogP contribution in [-0.4, -0.2) is 47.4 Å². The second-order valence-electron chi connectivity index (χ2n) is 4.86. The first-order valence-electron chi connectivity index (χ1n) is 6.88. The largest absolute Gasteiger partial charge is 0.354 e. The molecule has 1 atom stereocenters. The highest BCUT2D eigenvalue weighted by atomic mass is 35.5. The fraction of sp³-hybridized carbons (Fsp3) is 0.615. The van der Waals surface area contributed by atoms with E-state index in [0.717, 1.165) is 25.8 Å². The summed E-state index contributed by atoms with van der Waals surface area (Å²) in [6.07, 6.45) is 3.33. The van der Waals surface area contributed by atoms with Gasteiger partial charge in [0.05, 0.1) is 5.51 Å². The molecule has 6 nitrogen and oxygen atoms in total. The highest BCUT2D eigenvalue weighted by Gasteiger charge is 2.28. The lowest BCUT2D eigenvalue weighted by Crippen LogP contribution is -2.49. The van der Waals surface area contributed by atoms with Gasteiger partial charge in [-0.2, -0.15) is 0 Å². The third kappa shape index (κ3) is 5.72. The number of carbonyl (C=O) groups is 2. The summed E-state index contributed by atoms with van der Waals surface area (Å²) in [6.45, 7) is 1.57. The van der Waals surface area contributed by atoms with Crippen LogP contribution in [0.3, 0.4) is 0 Å². The van der Waals surface area contributed by atoms with Crippen LogP contribution in [0.25, 0.3) is 0 Å². The molecule has 3 N–H and O–H groups in total.